The SMILES string of the molecule is COC(=O)C1=C(O)C(C(=O)OC)C(c2ccc(OC)cc2)N(Cc2ccco2)C1c1ccc(OC)cc1. The minimum Gasteiger partial charge on any atom is -0.511 e. The van der Waals surface area contributed by atoms with Crippen molar-refractivity contribution < 1.29 is 38.1 Å². The van der Waals surface area contributed by atoms with Gasteiger partial charge in [-0.2, -0.15) is 0 Å². The molecule has 0 spiro atoms. The second kappa shape index (κ2) is 11.2. The summed E-state index contributed by atoms with van der Waals surface area (Å²) in [4.78, 5) is 28.2. The van der Waals surface area contributed by atoms with Gasteiger partial charge in [0.1, 0.15) is 28.9 Å². The maximum atomic E-state index is 13.2. The van der Waals surface area contributed by atoms with Crippen LogP contribution in [0.15, 0.2) is 82.7 Å². The number of methoxy groups -OCH3 is 4. The van der Waals surface area contributed by atoms with Gasteiger partial charge in [0.2, 0.25) is 0 Å². The van der Waals surface area contributed by atoms with E-state index >= 15 is 0 Å². The van der Waals surface area contributed by atoms with E-state index in [1.807, 2.05) is 17.0 Å². The van der Waals surface area contributed by atoms with Crippen molar-refractivity contribution in [1.29, 1.82) is 0 Å². The highest BCUT2D eigenvalue weighted by Gasteiger charge is 2.50. The van der Waals surface area contributed by atoms with Gasteiger partial charge in [0.25, 0.3) is 0 Å². The third-order valence-corrected chi connectivity index (χ3v) is 6.52. The predicted molar refractivity (Wildman–Crippen MR) is 133 cm³/mol. The first-order valence-electron chi connectivity index (χ1n) is 11.6. The van der Waals surface area contributed by atoms with Crippen LogP contribution in [0.3, 0.4) is 0 Å². The van der Waals surface area contributed by atoms with Crippen LogP contribution in [0.1, 0.15) is 29.0 Å². The minimum atomic E-state index is -1.21. The van der Waals surface area contributed by atoms with Gasteiger partial charge in [0.05, 0.1) is 58.9 Å². The number of furan rings is 1. The molecule has 1 aliphatic rings. The van der Waals surface area contributed by atoms with Gasteiger partial charge in [-0.15, -0.1) is 0 Å². The number of aliphatic hydroxyl groups excluding tert-OH is 1. The van der Waals surface area contributed by atoms with Gasteiger partial charge in [-0.1, -0.05) is 24.3 Å². The molecule has 9 heteroatoms. The molecule has 3 atom stereocenters. The van der Waals surface area contributed by atoms with E-state index in [0.29, 0.717) is 28.4 Å². The molecule has 1 aromatic heterocycles. The monoisotopic (exact) mass is 507 g/mol. The van der Waals surface area contributed by atoms with Gasteiger partial charge in [0.15, 0.2) is 0 Å². The standard InChI is InChI=1S/C28H29NO8/c1-33-19-11-7-17(8-12-19)24-22(27(31)35-3)26(30)23(28(32)36-4)25(18-9-13-20(34-2)14-10-18)29(24)16-21-6-5-15-37-21/h5-15,22,24-25,30H,16H2,1-4H3. The highest BCUT2D eigenvalue weighted by atomic mass is 16.5. The van der Waals surface area contributed by atoms with Crippen molar-refractivity contribution in [3.05, 3.63) is 95.1 Å². The van der Waals surface area contributed by atoms with Gasteiger partial charge in [-0.05, 0) is 47.5 Å². The Balaban J connectivity index is 1.99. The molecule has 3 aromatic rings. The van der Waals surface area contributed by atoms with Crippen LogP contribution < -0.4 is 9.47 Å². The average molecular weight is 508 g/mol. The Bertz CT molecular complexity index is 1250. The smallest absolute Gasteiger partial charge is 0.339 e. The lowest BCUT2D eigenvalue weighted by molar-refractivity contribution is -0.150. The molecule has 3 unspecified atom stereocenters. The molecule has 1 N–H and O–H groups in total. The summed E-state index contributed by atoms with van der Waals surface area (Å²) in [6.07, 6.45) is 1.55. The molecule has 4 rings (SSSR count). The summed E-state index contributed by atoms with van der Waals surface area (Å²) in [5, 5.41) is 11.5. The molecule has 0 radical (unpaired) electrons. The van der Waals surface area contributed by atoms with Crippen molar-refractivity contribution >= 4 is 11.9 Å². The molecule has 0 fully saturated rings. The van der Waals surface area contributed by atoms with Crippen molar-refractivity contribution in [3.63, 3.8) is 0 Å². The highest BCUT2D eigenvalue weighted by Crippen LogP contribution is 2.49. The molecule has 0 saturated heterocycles. The number of esters is 2. The number of hydrogen-bond acceptors (Lipinski definition) is 9. The Morgan fingerprint density at radius 2 is 1.46 bits per heavy atom. The summed E-state index contributed by atoms with van der Waals surface area (Å²) >= 11 is 0. The van der Waals surface area contributed by atoms with Crippen LogP contribution in [0.5, 0.6) is 11.5 Å². The van der Waals surface area contributed by atoms with Crippen molar-refractivity contribution in [1.82, 2.24) is 4.90 Å². The zero-order valence-corrected chi connectivity index (χ0v) is 21.0. The summed E-state index contributed by atoms with van der Waals surface area (Å²) in [5.74, 6) is -1.21. The van der Waals surface area contributed by atoms with E-state index in [0.717, 1.165) is 0 Å². The second-order valence-electron chi connectivity index (χ2n) is 8.44. The summed E-state index contributed by atoms with van der Waals surface area (Å²) < 4.78 is 26.4. The molecular weight excluding hydrogens is 478 g/mol. The van der Waals surface area contributed by atoms with Crippen LogP contribution in [0, 0.1) is 5.92 Å². The first-order valence-corrected chi connectivity index (χ1v) is 11.6. The lowest BCUT2D eigenvalue weighted by atomic mass is 9.79. The summed E-state index contributed by atoms with van der Waals surface area (Å²) in [6.45, 7) is 0.210. The fourth-order valence-corrected chi connectivity index (χ4v) is 4.77. The zero-order valence-electron chi connectivity index (χ0n) is 21.0. The van der Waals surface area contributed by atoms with Crippen LogP contribution in [0.25, 0.3) is 0 Å². The summed E-state index contributed by atoms with van der Waals surface area (Å²) in [6, 6.07) is 16.3. The van der Waals surface area contributed by atoms with E-state index in [4.69, 9.17) is 23.4 Å². The third-order valence-electron chi connectivity index (χ3n) is 6.52. The minimum absolute atomic E-state index is 0.0561. The molecular formula is C28H29NO8. The van der Waals surface area contributed by atoms with E-state index in [9.17, 15) is 14.7 Å². The highest BCUT2D eigenvalue weighted by molar-refractivity contribution is 5.93. The molecule has 0 aliphatic carbocycles. The molecule has 2 heterocycles. The molecule has 0 bridgehead atoms. The maximum absolute atomic E-state index is 13.2. The van der Waals surface area contributed by atoms with E-state index in [1.54, 1.807) is 69.0 Å². The maximum Gasteiger partial charge on any atom is 0.339 e. The van der Waals surface area contributed by atoms with Gasteiger partial charge in [-0.25, -0.2) is 4.79 Å². The van der Waals surface area contributed by atoms with E-state index in [2.05, 4.69) is 0 Å². The number of aliphatic hydroxyl groups is 1. The normalized spacial score (nSPS) is 19.8. The van der Waals surface area contributed by atoms with Crippen LogP contribution >= 0.6 is 0 Å². The fraction of sp³-hybridized carbons (Fsp3) is 0.286. The van der Waals surface area contributed by atoms with Gasteiger partial charge in [-0.3, -0.25) is 9.69 Å². The van der Waals surface area contributed by atoms with Crippen LogP contribution in [0.4, 0.5) is 0 Å². The number of nitrogens with zero attached hydrogens (tertiary/aromatic N) is 1. The van der Waals surface area contributed by atoms with Crippen molar-refractivity contribution in [3.8, 4) is 11.5 Å². The van der Waals surface area contributed by atoms with Crippen molar-refractivity contribution in [2.45, 2.75) is 18.6 Å². The number of hydrogen-bond donors (Lipinski definition) is 1. The topological polar surface area (TPSA) is 108 Å². The van der Waals surface area contributed by atoms with Crippen molar-refractivity contribution in [2.75, 3.05) is 28.4 Å². The van der Waals surface area contributed by atoms with E-state index in [-0.39, 0.29) is 12.1 Å². The Hall–Kier alpha value is -4.24. The number of carbonyl (C=O) groups excluding carboxylic acids is 2. The second-order valence-corrected chi connectivity index (χ2v) is 8.44. The molecule has 2 aromatic carbocycles. The first-order chi connectivity index (χ1) is 17.9. The Morgan fingerprint density at radius 1 is 0.865 bits per heavy atom. The number of benzene rings is 2. The molecule has 0 amide bonds. The summed E-state index contributed by atoms with van der Waals surface area (Å²) in [7, 11) is 5.59. The predicted octanol–water partition coefficient (Wildman–Crippen LogP) is 4.37. The number of rotatable bonds is 8. The molecule has 9 nitrogen and oxygen atoms in total. The lowest BCUT2D eigenvalue weighted by Gasteiger charge is -2.45. The van der Waals surface area contributed by atoms with Crippen LogP contribution in [-0.4, -0.2) is 50.4 Å². The summed E-state index contributed by atoms with van der Waals surface area (Å²) in [5.41, 5.74) is 1.33. The van der Waals surface area contributed by atoms with E-state index < -0.39 is 35.7 Å². The van der Waals surface area contributed by atoms with E-state index in [1.165, 1.54) is 14.2 Å². The van der Waals surface area contributed by atoms with Gasteiger partial charge >= 0.3 is 11.9 Å². The quantitative estimate of drug-likeness (QED) is 0.445. The molecule has 37 heavy (non-hydrogen) atoms. The first kappa shape index (κ1) is 25.8. The zero-order chi connectivity index (χ0) is 26.5. The Kier molecular flexibility index (Phi) is 7.83. The number of ether oxygens (including phenoxy) is 4. The number of carbonyl (C=O) groups is 2. The average Bonchev–Trinajstić information content (AvgIpc) is 3.46. The van der Waals surface area contributed by atoms with Crippen molar-refractivity contribution in [2.24, 2.45) is 5.92 Å². The van der Waals surface area contributed by atoms with Gasteiger partial charge < -0.3 is 28.5 Å². The molecule has 1 aliphatic heterocycles. The third kappa shape index (κ3) is 5.03. The Morgan fingerprint density at radius 3 is 1.95 bits per heavy atom. The largest absolute Gasteiger partial charge is 0.511 e. The molecule has 0 saturated carbocycles. The van der Waals surface area contributed by atoms with Crippen LogP contribution in [0.2, 0.25) is 0 Å². The van der Waals surface area contributed by atoms with Gasteiger partial charge in [0, 0.05) is 0 Å². The fourth-order valence-electron chi connectivity index (χ4n) is 4.77. The molecule has 194 valence electrons. The Labute approximate surface area is 214 Å². The van der Waals surface area contributed by atoms with Crippen LogP contribution in [-0.2, 0) is 25.6 Å². The lowest BCUT2D eigenvalue weighted by Crippen LogP contribution is -2.46.